The van der Waals surface area contributed by atoms with Crippen LogP contribution in [0, 0.1) is 0 Å². The van der Waals surface area contributed by atoms with Gasteiger partial charge >= 0.3 is 0 Å². The number of unbranched alkanes of at least 4 members (excludes halogenated alkanes) is 1. The maximum Gasteiger partial charge on any atom is 0.257 e. The van der Waals surface area contributed by atoms with Crippen LogP contribution in [0.2, 0.25) is 0 Å². The Morgan fingerprint density at radius 1 is 0.793 bits per heavy atom. The van der Waals surface area contributed by atoms with Crippen molar-refractivity contribution in [1.29, 1.82) is 0 Å². The van der Waals surface area contributed by atoms with Crippen LogP contribution < -0.4 is 0 Å². The number of benzene rings is 3. The molecular formula is C26H25NO2. The van der Waals surface area contributed by atoms with Gasteiger partial charge in [0, 0.05) is 17.7 Å². The maximum absolute atomic E-state index is 13.7. The van der Waals surface area contributed by atoms with E-state index < -0.39 is 5.72 Å². The zero-order chi connectivity index (χ0) is 20.3. The van der Waals surface area contributed by atoms with E-state index in [9.17, 15) is 9.90 Å². The van der Waals surface area contributed by atoms with Crippen molar-refractivity contribution in [1.82, 2.24) is 4.90 Å². The highest BCUT2D eigenvalue weighted by molar-refractivity contribution is 6.31. The number of nitrogens with zero attached hydrogens (tertiary/aromatic N) is 1. The largest absolute Gasteiger partial charge is 0.363 e. The molecule has 0 saturated heterocycles. The normalized spacial score (nSPS) is 19.1. The summed E-state index contributed by atoms with van der Waals surface area (Å²) in [7, 11) is 0. The summed E-state index contributed by atoms with van der Waals surface area (Å²) in [4.78, 5) is 15.3. The molecular weight excluding hydrogens is 358 g/mol. The fourth-order valence-electron chi connectivity index (χ4n) is 4.07. The summed E-state index contributed by atoms with van der Waals surface area (Å²) in [6.07, 6.45) is 1.76. The molecule has 0 bridgehead atoms. The minimum absolute atomic E-state index is 0.130. The van der Waals surface area contributed by atoms with Crippen molar-refractivity contribution < 1.29 is 9.90 Å². The first-order valence-corrected chi connectivity index (χ1v) is 10.1. The van der Waals surface area contributed by atoms with Crippen molar-refractivity contribution in [2.45, 2.75) is 25.5 Å². The fourth-order valence-corrected chi connectivity index (χ4v) is 4.07. The molecule has 1 unspecified atom stereocenters. The average Bonchev–Trinajstić information content (AvgIpc) is 3.01. The van der Waals surface area contributed by atoms with E-state index in [1.54, 1.807) is 4.90 Å². The number of carbonyl (C=O) groups excluding carboxylic acids is 1. The van der Waals surface area contributed by atoms with Crippen LogP contribution in [0.15, 0.2) is 91.0 Å². The topological polar surface area (TPSA) is 40.5 Å². The summed E-state index contributed by atoms with van der Waals surface area (Å²) in [5.41, 5.74) is 2.08. The molecule has 0 fully saturated rings. The average molecular weight is 383 g/mol. The first kappa shape index (κ1) is 19.2. The van der Waals surface area contributed by atoms with Crippen LogP contribution in [-0.4, -0.2) is 22.5 Å². The second-order valence-electron chi connectivity index (χ2n) is 7.33. The van der Waals surface area contributed by atoms with Crippen LogP contribution in [0.1, 0.15) is 36.5 Å². The van der Waals surface area contributed by atoms with Gasteiger partial charge in [-0.25, -0.2) is 0 Å². The van der Waals surface area contributed by atoms with E-state index >= 15 is 0 Å². The first-order chi connectivity index (χ1) is 14.2. The Balaban J connectivity index is 2.02. The lowest BCUT2D eigenvalue weighted by molar-refractivity contribution is -0.141. The van der Waals surface area contributed by atoms with E-state index in [-0.39, 0.29) is 5.91 Å². The molecule has 1 atom stereocenters. The molecule has 3 heteroatoms. The van der Waals surface area contributed by atoms with Gasteiger partial charge in [-0.2, -0.15) is 0 Å². The highest BCUT2D eigenvalue weighted by Gasteiger charge is 2.51. The summed E-state index contributed by atoms with van der Waals surface area (Å²) >= 11 is 0. The van der Waals surface area contributed by atoms with Crippen LogP contribution >= 0.6 is 0 Å². The Labute approximate surface area is 171 Å². The molecule has 29 heavy (non-hydrogen) atoms. The highest BCUT2D eigenvalue weighted by Crippen LogP contribution is 2.50. The molecule has 1 heterocycles. The molecule has 146 valence electrons. The lowest BCUT2D eigenvalue weighted by atomic mass is 9.86. The minimum Gasteiger partial charge on any atom is -0.363 e. The molecule has 0 aromatic heterocycles. The van der Waals surface area contributed by atoms with Gasteiger partial charge < -0.3 is 10.0 Å². The minimum atomic E-state index is -1.51. The van der Waals surface area contributed by atoms with Gasteiger partial charge in [0.05, 0.1) is 5.57 Å². The van der Waals surface area contributed by atoms with Crippen molar-refractivity contribution in [2.24, 2.45) is 0 Å². The zero-order valence-corrected chi connectivity index (χ0v) is 16.6. The Hall–Kier alpha value is -3.17. The summed E-state index contributed by atoms with van der Waals surface area (Å²) in [5, 5.41) is 12.2. The Morgan fingerprint density at radius 3 is 1.86 bits per heavy atom. The SMILES string of the molecule is CCCCN1C(=O)C(c2ccccc2)=C(c2ccccc2)C1(O)c1ccccc1. The van der Waals surface area contributed by atoms with E-state index in [1.165, 1.54) is 0 Å². The summed E-state index contributed by atoms with van der Waals surface area (Å²) in [6, 6.07) is 28.9. The third-order valence-corrected chi connectivity index (χ3v) is 5.48. The standard InChI is InChI=1S/C26H25NO2/c1-2-3-19-27-25(28)23(20-13-7-4-8-14-20)24(21-15-9-5-10-16-21)26(27,29)22-17-11-6-12-18-22/h4-18,29H,2-3,19H2,1H3. The molecule has 1 aliphatic heterocycles. The molecule has 0 saturated carbocycles. The Morgan fingerprint density at radius 2 is 1.31 bits per heavy atom. The zero-order valence-electron chi connectivity index (χ0n) is 16.6. The van der Waals surface area contributed by atoms with Crippen LogP contribution in [-0.2, 0) is 10.5 Å². The van der Waals surface area contributed by atoms with Crippen molar-refractivity contribution in [3.05, 3.63) is 108 Å². The number of hydrogen-bond donors (Lipinski definition) is 1. The highest BCUT2D eigenvalue weighted by atomic mass is 16.3. The molecule has 3 aromatic rings. The number of aliphatic hydroxyl groups is 1. The number of carbonyl (C=O) groups is 1. The van der Waals surface area contributed by atoms with Crippen molar-refractivity contribution in [3.8, 4) is 0 Å². The first-order valence-electron chi connectivity index (χ1n) is 10.1. The van der Waals surface area contributed by atoms with Gasteiger partial charge in [-0.1, -0.05) is 104 Å². The van der Waals surface area contributed by atoms with Crippen molar-refractivity contribution in [2.75, 3.05) is 6.54 Å². The van der Waals surface area contributed by atoms with Crippen LogP contribution in [0.4, 0.5) is 0 Å². The predicted octanol–water partition coefficient (Wildman–Crippen LogP) is 5.09. The monoisotopic (exact) mass is 383 g/mol. The summed E-state index contributed by atoms with van der Waals surface area (Å²) in [5.74, 6) is -0.130. The third kappa shape index (κ3) is 3.28. The number of amides is 1. The van der Waals surface area contributed by atoms with Gasteiger partial charge in [-0.15, -0.1) is 0 Å². The van der Waals surface area contributed by atoms with E-state index in [4.69, 9.17) is 0 Å². The Kier molecular flexibility index (Phi) is 5.32. The van der Waals surface area contributed by atoms with Gasteiger partial charge in [0.1, 0.15) is 0 Å². The van der Waals surface area contributed by atoms with Gasteiger partial charge in [0.25, 0.3) is 5.91 Å². The number of rotatable bonds is 6. The van der Waals surface area contributed by atoms with Crippen LogP contribution in [0.25, 0.3) is 11.1 Å². The molecule has 0 spiro atoms. The van der Waals surface area contributed by atoms with Crippen LogP contribution in [0.5, 0.6) is 0 Å². The smallest absolute Gasteiger partial charge is 0.257 e. The third-order valence-electron chi connectivity index (χ3n) is 5.48. The van der Waals surface area contributed by atoms with Crippen LogP contribution in [0.3, 0.4) is 0 Å². The predicted molar refractivity (Wildman–Crippen MR) is 117 cm³/mol. The molecule has 1 amide bonds. The Bertz CT molecular complexity index is 1010. The molecule has 3 nitrogen and oxygen atoms in total. The lowest BCUT2D eigenvalue weighted by Crippen LogP contribution is -2.46. The maximum atomic E-state index is 13.7. The number of hydrogen-bond acceptors (Lipinski definition) is 2. The van der Waals surface area contributed by atoms with Crippen molar-refractivity contribution in [3.63, 3.8) is 0 Å². The summed E-state index contributed by atoms with van der Waals surface area (Å²) < 4.78 is 0. The van der Waals surface area contributed by atoms with Crippen molar-refractivity contribution >= 4 is 17.1 Å². The molecule has 1 aliphatic rings. The van der Waals surface area contributed by atoms with Gasteiger partial charge in [-0.05, 0) is 17.5 Å². The molecule has 3 aromatic carbocycles. The second kappa shape index (κ2) is 8.06. The quantitative estimate of drug-likeness (QED) is 0.644. The fraction of sp³-hybridized carbons (Fsp3) is 0.192. The summed E-state index contributed by atoms with van der Waals surface area (Å²) in [6.45, 7) is 2.58. The van der Waals surface area contributed by atoms with E-state index in [0.29, 0.717) is 23.3 Å². The van der Waals surface area contributed by atoms with Gasteiger partial charge in [0.2, 0.25) is 0 Å². The second-order valence-corrected chi connectivity index (χ2v) is 7.33. The van der Waals surface area contributed by atoms with E-state index in [2.05, 4.69) is 6.92 Å². The van der Waals surface area contributed by atoms with Gasteiger partial charge in [0.15, 0.2) is 5.72 Å². The van der Waals surface area contributed by atoms with Gasteiger partial charge in [-0.3, -0.25) is 4.79 Å². The van der Waals surface area contributed by atoms with E-state index in [1.807, 2.05) is 91.0 Å². The molecule has 0 radical (unpaired) electrons. The van der Waals surface area contributed by atoms with E-state index in [0.717, 1.165) is 24.0 Å². The molecule has 0 aliphatic carbocycles. The lowest BCUT2D eigenvalue weighted by Gasteiger charge is -2.36. The molecule has 1 N–H and O–H groups in total. The molecule has 4 rings (SSSR count).